The van der Waals surface area contributed by atoms with E-state index in [1.165, 1.54) is 6.07 Å². The van der Waals surface area contributed by atoms with Crippen LogP contribution in [0.25, 0.3) is 6.08 Å². The zero-order chi connectivity index (χ0) is 34.6. The summed E-state index contributed by atoms with van der Waals surface area (Å²) < 4.78 is 80.5. The van der Waals surface area contributed by atoms with E-state index < -0.39 is 29.4 Å². The van der Waals surface area contributed by atoms with Crippen LogP contribution >= 0.6 is 0 Å². The van der Waals surface area contributed by atoms with Crippen LogP contribution in [0.5, 0.6) is 23.0 Å². The summed E-state index contributed by atoms with van der Waals surface area (Å²) in [6.07, 6.45) is 23.0. The number of aryl methyl sites for hydroxylation is 1. The van der Waals surface area contributed by atoms with E-state index >= 15 is 0 Å². The van der Waals surface area contributed by atoms with Crippen LogP contribution in [-0.4, -0.2) is 24.4 Å². The molecule has 48 heavy (non-hydrogen) atoms. The summed E-state index contributed by atoms with van der Waals surface area (Å²) in [5, 5.41) is 0. The van der Waals surface area contributed by atoms with E-state index in [4.69, 9.17) is 25.4 Å². The number of hydrogen-bond acceptors (Lipinski definition) is 4. The van der Waals surface area contributed by atoms with Gasteiger partial charge in [0.25, 0.3) is 0 Å². The molecule has 0 aromatic heterocycles. The largest absolute Gasteiger partial charge is 0.487 e. The fraction of sp³-hybridized carbons (Fsp3) is 0.600. The molecule has 264 valence electrons. The van der Waals surface area contributed by atoms with Crippen molar-refractivity contribution in [2.75, 3.05) is 0 Å². The average Bonchev–Trinajstić information content (AvgIpc) is 3.10. The summed E-state index contributed by atoms with van der Waals surface area (Å²) >= 11 is 0. The van der Waals surface area contributed by atoms with Gasteiger partial charge in [0, 0.05) is 16.7 Å². The third-order valence-corrected chi connectivity index (χ3v) is 9.25. The zero-order valence-electron chi connectivity index (χ0n) is 29.1. The molecule has 3 aliphatic heterocycles. The van der Waals surface area contributed by atoms with E-state index in [1.54, 1.807) is 0 Å². The van der Waals surface area contributed by atoms with Crippen molar-refractivity contribution in [1.82, 2.24) is 0 Å². The topological polar surface area (TPSA) is 36.9 Å². The number of unbranched alkanes of at least 4 members (excludes halogenated alkanes) is 4. The van der Waals surface area contributed by atoms with E-state index in [-0.39, 0.29) is 41.3 Å². The summed E-state index contributed by atoms with van der Waals surface area (Å²) in [5.41, 5.74) is 2.06. The van der Waals surface area contributed by atoms with Crippen molar-refractivity contribution >= 4 is 6.08 Å². The van der Waals surface area contributed by atoms with Crippen molar-refractivity contribution in [2.45, 2.75) is 155 Å². The number of terminal acetylenes is 1. The van der Waals surface area contributed by atoms with E-state index in [1.807, 2.05) is 26.0 Å². The van der Waals surface area contributed by atoms with Gasteiger partial charge in [-0.05, 0) is 76.4 Å². The van der Waals surface area contributed by atoms with Crippen molar-refractivity contribution in [1.29, 1.82) is 0 Å². The fourth-order valence-corrected chi connectivity index (χ4v) is 6.56. The standard InChI is InChI=1S/2C20H26F2O2/c1-3-5-6-8-14-10-12-16-15-11-9-13(7-4-2)23-19(15)17(21)18(22)20(16)24-14;1-4-7-8-10-16-12-11-14-13-17(23-15(6-3)9-5-2)18(21)19(22)20(14)24-16/h9,11,13-14H,3-8,10,12H2,1-2H3;3,13,15-16H,4-5,7-12H2,1-2H3. The lowest BCUT2D eigenvalue weighted by atomic mass is 9.92. The first-order valence-electron chi connectivity index (χ1n) is 18.1. The molecule has 4 nitrogen and oxygen atoms in total. The molecule has 0 fully saturated rings. The van der Waals surface area contributed by atoms with Crippen LogP contribution in [0.1, 0.15) is 134 Å². The minimum absolute atomic E-state index is 0.0164. The molecule has 0 bridgehead atoms. The Labute approximate surface area is 284 Å². The van der Waals surface area contributed by atoms with Crippen LogP contribution < -0.4 is 18.9 Å². The van der Waals surface area contributed by atoms with Gasteiger partial charge in [-0.2, -0.15) is 17.6 Å². The molecule has 8 heteroatoms. The van der Waals surface area contributed by atoms with Crippen molar-refractivity contribution in [3.05, 3.63) is 52.1 Å². The van der Waals surface area contributed by atoms with Crippen molar-refractivity contribution in [2.24, 2.45) is 0 Å². The fourth-order valence-electron chi connectivity index (χ4n) is 6.56. The molecule has 0 spiro atoms. The van der Waals surface area contributed by atoms with Gasteiger partial charge in [0.2, 0.25) is 23.3 Å². The Morgan fingerprint density at radius 3 is 2.00 bits per heavy atom. The lowest BCUT2D eigenvalue weighted by Gasteiger charge is -2.31. The third-order valence-electron chi connectivity index (χ3n) is 9.25. The molecular weight excluding hydrogens is 620 g/mol. The van der Waals surface area contributed by atoms with Crippen LogP contribution in [0.2, 0.25) is 0 Å². The predicted octanol–water partition coefficient (Wildman–Crippen LogP) is 11.2. The predicted molar refractivity (Wildman–Crippen MR) is 183 cm³/mol. The maximum atomic E-state index is 14.5. The van der Waals surface area contributed by atoms with E-state index in [2.05, 4.69) is 19.8 Å². The molecule has 5 rings (SSSR count). The summed E-state index contributed by atoms with van der Waals surface area (Å²) in [7, 11) is 0. The molecular formula is C40H52F4O4. The van der Waals surface area contributed by atoms with Gasteiger partial charge in [-0.1, -0.05) is 78.2 Å². The summed E-state index contributed by atoms with van der Waals surface area (Å²) in [6, 6.07) is 1.54. The second-order valence-corrected chi connectivity index (χ2v) is 13.1. The minimum atomic E-state index is -1.01. The Hall–Kier alpha value is -3.34. The number of fused-ring (bicyclic) bond motifs is 4. The highest BCUT2D eigenvalue weighted by Gasteiger charge is 2.33. The Balaban J connectivity index is 0.000000217. The SMILES string of the molecule is C#CC(CCC)Oc1cc2c(c(F)c1F)OC(CCCCC)CC2.CCCCCC1CCc2c3c(c(F)c(F)c2O1)OC(CCC)C=C3. The average molecular weight is 673 g/mol. The number of ether oxygens (including phenoxy) is 4. The number of hydrogen-bond donors (Lipinski definition) is 0. The number of benzene rings is 2. The van der Waals surface area contributed by atoms with E-state index in [0.29, 0.717) is 30.4 Å². The molecule has 2 aromatic rings. The number of halogens is 4. The molecule has 0 N–H and O–H groups in total. The minimum Gasteiger partial charge on any atom is -0.487 e. The van der Waals surface area contributed by atoms with Gasteiger partial charge in [0.05, 0.1) is 12.2 Å². The Morgan fingerprint density at radius 1 is 0.750 bits per heavy atom. The highest BCUT2D eigenvalue weighted by Crippen LogP contribution is 2.44. The highest BCUT2D eigenvalue weighted by molar-refractivity contribution is 5.68. The molecule has 2 aromatic carbocycles. The van der Waals surface area contributed by atoms with Gasteiger partial charge in [-0.25, -0.2) is 0 Å². The molecule has 4 atom stereocenters. The lowest BCUT2D eigenvalue weighted by Crippen LogP contribution is -2.26. The van der Waals surface area contributed by atoms with Crippen LogP contribution in [-0.2, 0) is 12.8 Å². The zero-order valence-corrected chi connectivity index (χ0v) is 29.1. The van der Waals surface area contributed by atoms with E-state index in [0.717, 1.165) is 89.0 Å². The smallest absolute Gasteiger partial charge is 0.205 e. The van der Waals surface area contributed by atoms with Gasteiger partial charge in [0.15, 0.2) is 29.1 Å². The first kappa shape index (κ1) is 37.5. The molecule has 0 amide bonds. The van der Waals surface area contributed by atoms with Crippen LogP contribution in [0, 0.1) is 35.6 Å². The summed E-state index contributed by atoms with van der Waals surface area (Å²) in [5.74, 6) is -1.23. The van der Waals surface area contributed by atoms with Gasteiger partial charge in [-0.3, -0.25) is 0 Å². The second kappa shape index (κ2) is 18.4. The molecule has 0 radical (unpaired) electrons. The maximum Gasteiger partial charge on any atom is 0.205 e. The Kier molecular flexibility index (Phi) is 14.4. The lowest BCUT2D eigenvalue weighted by molar-refractivity contribution is 0.147. The van der Waals surface area contributed by atoms with Crippen molar-refractivity contribution in [3.8, 4) is 35.3 Å². The van der Waals surface area contributed by atoms with Gasteiger partial charge in [0.1, 0.15) is 6.10 Å². The van der Waals surface area contributed by atoms with Gasteiger partial charge >= 0.3 is 0 Å². The number of rotatable bonds is 14. The quantitative estimate of drug-likeness (QED) is 0.114. The van der Waals surface area contributed by atoms with Crippen LogP contribution in [0.3, 0.4) is 0 Å². The first-order valence-corrected chi connectivity index (χ1v) is 18.1. The summed E-state index contributed by atoms with van der Waals surface area (Å²) in [6.45, 7) is 8.29. The van der Waals surface area contributed by atoms with Gasteiger partial charge in [-0.15, -0.1) is 6.42 Å². The third kappa shape index (κ3) is 9.21. The monoisotopic (exact) mass is 672 g/mol. The van der Waals surface area contributed by atoms with Gasteiger partial charge < -0.3 is 18.9 Å². The second-order valence-electron chi connectivity index (χ2n) is 13.1. The molecule has 4 unspecified atom stereocenters. The molecule has 3 aliphatic rings. The highest BCUT2D eigenvalue weighted by atomic mass is 19.2. The molecule has 0 saturated heterocycles. The maximum absolute atomic E-state index is 14.5. The summed E-state index contributed by atoms with van der Waals surface area (Å²) in [4.78, 5) is 0. The Morgan fingerprint density at radius 2 is 1.38 bits per heavy atom. The molecule has 0 aliphatic carbocycles. The van der Waals surface area contributed by atoms with Crippen molar-refractivity contribution < 1.29 is 36.5 Å². The van der Waals surface area contributed by atoms with E-state index in [9.17, 15) is 17.6 Å². The normalized spacial score (nSPS) is 19.6. The first-order chi connectivity index (χ1) is 23.3. The molecule has 3 heterocycles. The Bertz CT molecular complexity index is 1430. The molecule has 0 saturated carbocycles. The van der Waals surface area contributed by atoms with Crippen molar-refractivity contribution in [3.63, 3.8) is 0 Å². The van der Waals surface area contributed by atoms with Crippen LogP contribution in [0.15, 0.2) is 12.1 Å². The van der Waals surface area contributed by atoms with Crippen LogP contribution in [0.4, 0.5) is 17.6 Å².